The second kappa shape index (κ2) is 3.25. The van der Waals surface area contributed by atoms with E-state index in [2.05, 4.69) is 0 Å². The lowest BCUT2D eigenvalue weighted by atomic mass is 10.3. The minimum Gasteiger partial charge on any atom is -0.389 e. The molecule has 0 spiro atoms. The third-order valence-corrected chi connectivity index (χ3v) is 7.24. The van der Waals surface area contributed by atoms with Crippen LogP contribution in [-0.2, 0) is 9.84 Å². The minimum atomic E-state index is -3.40. The highest BCUT2D eigenvalue weighted by atomic mass is 127. The minimum absolute atomic E-state index is 0.0640. The van der Waals surface area contributed by atoms with Crippen molar-refractivity contribution < 1.29 is 13.5 Å². The van der Waals surface area contributed by atoms with E-state index < -0.39 is 18.2 Å². The van der Waals surface area contributed by atoms with E-state index in [1.165, 1.54) is 0 Å². The second-order valence-electron chi connectivity index (χ2n) is 3.12. The van der Waals surface area contributed by atoms with Gasteiger partial charge in [0.2, 0.25) is 2.21 Å². The van der Waals surface area contributed by atoms with Crippen LogP contribution in [0.5, 0.6) is 0 Å². The maximum atomic E-state index is 11.1. The zero-order valence-corrected chi connectivity index (χ0v) is 10.2. The van der Waals surface area contributed by atoms with Gasteiger partial charge < -0.3 is 5.11 Å². The second-order valence-corrected chi connectivity index (χ2v) is 9.20. The molecule has 0 amide bonds. The molecule has 1 aliphatic rings. The molecule has 0 aliphatic heterocycles. The highest BCUT2D eigenvalue weighted by molar-refractivity contribution is 14.1. The van der Waals surface area contributed by atoms with Gasteiger partial charge >= 0.3 is 0 Å². The van der Waals surface area contributed by atoms with E-state index in [0.717, 1.165) is 19.1 Å². The summed E-state index contributed by atoms with van der Waals surface area (Å²) in [5.41, 5.74) is 0. The summed E-state index contributed by atoms with van der Waals surface area (Å²) in [6.07, 6.45) is 1.83. The maximum Gasteiger partial charge on any atom is 0.221 e. The molecule has 12 heavy (non-hydrogen) atoms. The fourth-order valence-corrected chi connectivity index (χ4v) is 2.22. The lowest BCUT2D eigenvalue weighted by Gasteiger charge is -2.23. The number of hydrogen-bond acceptors (Lipinski definition) is 3. The zero-order valence-electron chi connectivity index (χ0n) is 6.50. The molecular weight excluding hydrogens is 314 g/mol. The molecular formula is C6H10ClIO3S. The number of sulfone groups is 1. The number of hydrogen-bond donors (Lipinski definition) is 1. The van der Waals surface area contributed by atoms with E-state index in [1.54, 1.807) is 22.6 Å². The number of rotatable bonds is 3. The third-order valence-electron chi connectivity index (χ3n) is 1.91. The van der Waals surface area contributed by atoms with Gasteiger partial charge in [-0.3, -0.25) is 0 Å². The quantitative estimate of drug-likeness (QED) is 0.625. The van der Waals surface area contributed by atoms with Gasteiger partial charge in [-0.05, 0) is 41.4 Å². The van der Waals surface area contributed by atoms with Gasteiger partial charge in [0.25, 0.3) is 0 Å². The Hall–Kier alpha value is 0.930. The zero-order chi connectivity index (χ0) is 9.57. The summed E-state index contributed by atoms with van der Waals surface area (Å²) in [4.78, 5) is 0. The monoisotopic (exact) mass is 324 g/mol. The van der Waals surface area contributed by atoms with Crippen molar-refractivity contribution in [2.24, 2.45) is 5.92 Å². The molecule has 1 fully saturated rings. The summed E-state index contributed by atoms with van der Waals surface area (Å²) < 4.78 is 20.7. The smallest absolute Gasteiger partial charge is 0.221 e. The van der Waals surface area contributed by atoms with Crippen LogP contribution in [0.2, 0.25) is 0 Å². The molecule has 1 N–H and O–H groups in total. The first-order chi connectivity index (χ1) is 5.27. The lowest BCUT2D eigenvalue weighted by Crippen LogP contribution is -2.39. The van der Waals surface area contributed by atoms with Crippen LogP contribution in [0, 0.1) is 5.92 Å². The van der Waals surface area contributed by atoms with E-state index in [1.807, 2.05) is 0 Å². The first-order valence-corrected chi connectivity index (χ1v) is 6.87. The van der Waals surface area contributed by atoms with Crippen molar-refractivity contribution in [1.29, 1.82) is 0 Å². The van der Waals surface area contributed by atoms with Crippen LogP contribution < -0.4 is 0 Å². The van der Waals surface area contributed by atoms with Crippen molar-refractivity contribution in [2.45, 2.75) is 21.2 Å². The molecule has 0 bridgehead atoms. The van der Waals surface area contributed by atoms with E-state index in [0.29, 0.717) is 0 Å². The number of aliphatic hydroxyl groups excluding tert-OH is 1. The van der Waals surface area contributed by atoms with Crippen molar-refractivity contribution in [3.8, 4) is 0 Å². The van der Waals surface area contributed by atoms with Crippen molar-refractivity contribution in [2.75, 3.05) is 6.26 Å². The number of aliphatic hydroxyl groups is 1. The molecule has 3 nitrogen and oxygen atoms in total. The summed E-state index contributed by atoms with van der Waals surface area (Å²) in [6, 6.07) is 0. The molecule has 0 radical (unpaired) electrons. The predicted octanol–water partition coefficient (Wildman–Crippen LogP) is 1.13. The van der Waals surface area contributed by atoms with Crippen LogP contribution in [0.25, 0.3) is 0 Å². The highest BCUT2D eigenvalue weighted by Gasteiger charge is 2.49. The molecule has 0 aromatic heterocycles. The standard InChI is InChI=1S/C6H10ClIO3S/c1-12(10,11)6(7,8)5(9)4-2-3-4/h4-5,9H,2-3H2,1H3. The van der Waals surface area contributed by atoms with Crippen LogP contribution in [-0.4, -0.2) is 28.1 Å². The molecule has 6 heteroatoms. The maximum absolute atomic E-state index is 11.1. The van der Waals surface area contributed by atoms with Crippen LogP contribution in [0.3, 0.4) is 0 Å². The summed E-state index contributed by atoms with van der Waals surface area (Å²) in [5.74, 6) is 0.0640. The Labute approximate surface area is 90.5 Å². The molecule has 1 aliphatic carbocycles. The van der Waals surface area contributed by atoms with Crippen LogP contribution in [0.1, 0.15) is 12.8 Å². The van der Waals surface area contributed by atoms with Gasteiger partial charge in [-0.25, -0.2) is 8.42 Å². The van der Waals surface area contributed by atoms with Crippen molar-refractivity contribution >= 4 is 44.0 Å². The van der Waals surface area contributed by atoms with E-state index >= 15 is 0 Å². The molecule has 2 unspecified atom stereocenters. The predicted molar refractivity (Wildman–Crippen MR) is 56.2 cm³/mol. The number of alkyl halides is 2. The summed E-state index contributed by atoms with van der Waals surface area (Å²) in [7, 11) is -3.40. The third kappa shape index (κ3) is 2.05. The van der Waals surface area contributed by atoms with Gasteiger partial charge in [-0.1, -0.05) is 11.6 Å². The van der Waals surface area contributed by atoms with Gasteiger partial charge in [0, 0.05) is 6.26 Å². The van der Waals surface area contributed by atoms with E-state index in [4.69, 9.17) is 11.6 Å². The average Bonchev–Trinajstić information content (AvgIpc) is 2.64. The fourth-order valence-electron chi connectivity index (χ4n) is 0.906. The molecule has 72 valence electrons. The largest absolute Gasteiger partial charge is 0.389 e. The molecule has 2 atom stereocenters. The van der Waals surface area contributed by atoms with Gasteiger partial charge in [0.15, 0.2) is 9.84 Å². The summed E-state index contributed by atoms with van der Waals surface area (Å²) in [5, 5.41) is 9.53. The number of halogens is 2. The molecule has 0 aromatic rings. The van der Waals surface area contributed by atoms with E-state index in [-0.39, 0.29) is 5.92 Å². The van der Waals surface area contributed by atoms with Crippen molar-refractivity contribution in [1.82, 2.24) is 0 Å². The first-order valence-electron chi connectivity index (χ1n) is 3.52. The van der Waals surface area contributed by atoms with Crippen molar-refractivity contribution in [3.05, 3.63) is 0 Å². The van der Waals surface area contributed by atoms with Gasteiger partial charge in [-0.2, -0.15) is 0 Å². The Morgan fingerprint density at radius 3 is 2.33 bits per heavy atom. The summed E-state index contributed by atoms with van der Waals surface area (Å²) in [6.45, 7) is 0. The fraction of sp³-hybridized carbons (Fsp3) is 1.00. The Morgan fingerprint density at radius 2 is 2.08 bits per heavy atom. The molecule has 1 saturated carbocycles. The Bertz CT molecular complexity index is 271. The molecule has 0 heterocycles. The molecule has 1 rings (SSSR count). The van der Waals surface area contributed by atoms with E-state index in [9.17, 15) is 13.5 Å². The SMILES string of the molecule is CS(=O)(=O)C(Cl)(I)C(O)C1CC1. The lowest BCUT2D eigenvalue weighted by molar-refractivity contribution is 0.160. The Morgan fingerprint density at radius 1 is 1.67 bits per heavy atom. The van der Waals surface area contributed by atoms with Crippen molar-refractivity contribution in [3.63, 3.8) is 0 Å². The molecule has 0 saturated heterocycles. The topological polar surface area (TPSA) is 54.4 Å². The summed E-state index contributed by atoms with van der Waals surface area (Å²) >= 11 is 7.34. The van der Waals surface area contributed by atoms with Gasteiger partial charge in [0.05, 0.1) is 6.10 Å². The highest BCUT2D eigenvalue weighted by Crippen LogP contribution is 2.45. The first kappa shape index (κ1) is 11.0. The normalized spacial score (nSPS) is 26.3. The van der Waals surface area contributed by atoms with Gasteiger partial charge in [0.1, 0.15) is 0 Å². The van der Waals surface area contributed by atoms with Crippen LogP contribution in [0.15, 0.2) is 0 Å². The average molecular weight is 325 g/mol. The Kier molecular flexibility index (Phi) is 2.98. The Balaban J connectivity index is 2.83. The van der Waals surface area contributed by atoms with Crippen LogP contribution >= 0.6 is 34.2 Å². The molecule has 0 aromatic carbocycles. The van der Waals surface area contributed by atoms with Crippen LogP contribution in [0.4, 0.5) is 0 Å². The van der Waals surface area contributed by atoms with Gasteiger partial charge in [-0.15, -0.1) is 0 Å².